The summed E-state index contributed by atoms with van der Waals surface area (Å²) >= 11 is 2.09. The molecule has 0 fully saturated rings. The van der Waals surface area contributed by atoms with E-state index in [4.69, 9.17) is 4.74 Å². The summed E-state index contributed by atoms with van der Waals surface area (Å²) in [4.78, 5) is 11.6. The molecule has 0 aliphatic rings. The first kappa shape index (κ1) is 21.8. The largest absolute Gasteiger partial charge is 0.469 e. The van der Waals surface area contributed by atoms with Gasteiger partial charge in [-0.2, -0.15) is 11.8 Å². The summed E-state index contributed by atoms with van der Waals surface area (Å²) in [5, 5.41) is 0. The second-order valence-corrected chi connectivity index (χ2v) is 9.39. The molecule has 0 aliphatic heterocycles. The van der Waals surface area contributed by atoms with Gasteiger partial charge >= 0.3 is 5.97 Å². The zero-order valence-corrected chi connectivity index (χ0v) is 16.6. The molecular formula is C19H38O2S. The first-order chi connectivity index (χ1) is 10.2. The Labute approximate surface area is 143 Å². The van der Waals surface area contributed by atoms with Crippen molar-refractivity contribution < 1.29 is 9.53 Å². The molecule has 0 bridgehead atoms. The van der Waals surface area contributed by atoms with Gasteiger partial charge in [0.1, 0.15) is 0 Å². The van der Waals surface area contributed by atoms with Crippen molar-refractivity contribution in [3.05, 3.63) is 0 Å². The predicted molar refractivity (Wildman–Crippen MR) is 99.5 cm³/mol. The van der Waals surface area contributed by atoms with E-state index in [2.05, 4.69) is 32.5 Å². The van der Waals surface area contributed by atoms with Crippen LogP contribution in [0.25, 0.3) is 0 Å². The van der Waals surface area contributed by atoms with E-state index in [9.17, 15) is 4.79 Å². The Morgan fingerprint density at radius 2 is 1.32 bits per heavy atom. The molecule has 0 radical (unpaired) electrons. The second-order valence-electron chi connectivity index (χ2n) is 8.17. The maximum Gasteiger partial charge on any atom is 0.311 e. The third-order valence-electron chi connectivity index (χ3n) is 4.04. The standard InChI is InChI=1S/C19H38O2S/c1-18(2,3)13-9-7-11-15-22-16-12-8-10-14-19(4,5)17(20)21-6/h7-16H2,1-6H3. The maximum atomic E-state index is 11.6. The van der Waals surface area contributed by atoms with Gasteiger partial charge in [0.25, 0.3) is 0 Å². The van der Waals surface area contributed by atoms with Gasteiger partial charge in [-0.05, 0) is 56.5 Å². The number of rotatable bonds is 12. The number of unbranched alkanes of at least 4 members (excludes halogenated alkanes) is 4. The summed E-state index contributed by atoms with van der Waals surface area (Å²) in [5.74, 6) is 2.48. The molecule has 0 aliphatic carbocycles. The Bertz CT molecular complexity index is 292. The lowest BCUT2D eigenvalue weighted by Crippen LogP contribution is -2.25. The van der Waals surface area contributed by atoms with Gasteiger partial charge in [0.2, 0.25) is 0 Å². The van der Waals surface area contributed by atoms with E-state index < -0.39 is 0 Å². The van der Waals surface area contributed by atoms with E-state index in [1.165, 1.54) is 57.1 Å². The summed E-state index contributed by atoms with van der Waals surface area (Å²) in [5.41, 5.74) is 0.167. The zero-order valence-electron chi connectivity index (χ0n) is 15.8. The van der Waals surface area contributed by atoms with Crippen LogP contribution in [0.1, 0.15) is 86.0 Å². The normalized spacial score (nSPS) is 12.5. The average Bonchev–Trinajstić information content (AvgIpc) is 2.42. The van der Waals surface area contributed by atoms with Crippen molar-refractivity contribution in [3.8, 4) is 0 Å². The fourth-order valence-electron chi connectivity index (χ4n) is 2.46. The molecular weight excluding hydrogens is 292 g/mol. The van der Waals surface area contributed by atoms with Crippen LogP contribution in [0, 0.1) is 10.8 Å². The van der Waals surface area contributed by atoms with Crippen LogP contribution in [0.3, 0.4) is 0 Å². The second kappa shape index (κ2) is 11.4. The number of esters is 1. The van der Waals surface area contributed by atoms with E-state index in [1.807, 2.05) is 13.8 Å². The van der Waals surface area contributed by atoms with Crippen LogP contribution in [-0.2, 0) is 9.53 Å². The number of carbonyl (C=O) groups is 1. The third-order valence-corrected chi connectivity index (χ3v) is 5.20. The Balaban J connectivity index is 3.36. The quantitative estimate of drug-likeness (QED) is 0.320. The Morgan fingerprint density at radius 3 is 1.77 bits per heavy atom. The molecule has 0 heterocycles. The molecule has 0 rings (SSSR count). The number of hydrogen-bond donors (Lipinski definition) is 0. The lowest BCUT2D eigenvalue weighted by atomic mass is 9.87. The van der Waals surface area contributed by atoms with E-state index in [0.29, 0.717) is 5.41 Å². The van der Waals surface area contributed by atoms with E-state index in [-0.39, 0.29) is 11.4 Å². The molecule has 0 unspecified atom stereocenters. The summed E-state index contributed by atoms with van der Waals surface area (Å²) in [6.07, 6.45) is 9.97. The molecule has 0 amide bonds. The maximum absolute atomic E-state index is 11.6. The highest BCUT2D eigenvalue weighted by Gasteiger charge is 2.27. The van der Waals surface area contributed by atoms with Crippen molar-refractivity contribution in [2.45, 2.75) is 86.0 Å². The van der Waals surface area contributed by atoms with Crippen LogP contribution < -0.4 is 0 Å². The Kier molecular flexibility index (Phi) is 11.3. The first-order valence-corrected chi connectivity index (χ1v) is 10.0. The fourth-order valence-corrected chi connectivity index (χ4v) is 3.49. The molecule has 0 aromatic carbocycles. The molecule has 0 aromatic rings. The van der Waals surface area contributed by atoms with Gasteiger partial charge in [-0.15, -0.1) is 0 Å². The van der Waals surface area contributed by atoms with Gasteiger partial charge in [-0.25, -0.2) is 0 Å². The number of ether oxygens (including phenoxy) is 1. The fraction of sp³-hybridized carbons (Fsp3) is 0.947. The SMILES string of the molecule is COC(=O)C(C)(C)CCCCCSCCCCCC(C)(C)C. The molecule has 0 saturated heterocycles. The summed E-state index contributed by atoms with van der Waals surface area (Å²) in [7, 11) is 1.47. The van der Waals surface area contributed by atoms with Crippen molar-refractivity contribution in [3.63, 3.8) is 0 Å². The number of thioether (sulfide) groups is 1. The molecule has 22 heavy (non-hydrogen) atoms. The lowest BCUT2D eigenvalue weighted by Gasteiger charge is -2.20. The van der Waals surface area contributed by atoms with Gasteiger partial charge in [0.05, 0.1) is 12.5 Å². The molecule has 0 spiro atoms. The van der Waals surface area contributed by atoms with E-state index in [1.54, 1.807) is 0 Å². The van der Waals surface area contributed by atoms with Crippen molar-refractivity contribution in [2.75, 3.05) is 18.6 Å². The third kappa shape index (κ3) is 12.4. The summed E-state index contributed by atoms with van der Waals surface area (Å²) in [6, 6.07) is 0. The van der Waals surface area contributed by atoms with Crippen LogP contribution in [-0.4, -0.2) is 24.6 Å². The minimum Gasteiger partial charge on any atom is -0.469 e. The average molecular weight is 331 g/mol. The molecule has 3 heteroatoms. The van der Waals surface area contributed by atoms with Crippen LogP contribution in [0.5, 0.6) is 0 Å². The van der Waals surface area contributed by atoms with Gasteiger partial charge in [-0.1, -0.05) is 46.5 Å². The van der Waals surface area contributed by atoms with Gasteiger partial charge in [0, 0.05) is 0 Å². The van der Waals surface area contributed by atoms with Crippen LogP contribution >= 0.6 is 11.8 Å². The van der Waals surface area contributed by atoms with Crippen LogP contribution in [0.4, 0.5) is 0 Å². The number of carbonyl (C=O) groups excluding carboxylic acids is 1. The predicted octanol–water partition coefficient (Wildman–Crippen LogP) is 6.09. The number of methoxy groups -OCH3 is 1. The van der Waals surface area contributed by atoms with Crippen LogP contribution in [0.15, 0.2) is 0 Å². The first-order valence-electron chi connectivity index (χ1n) is 8.85. The van der Waals surface area contributed by atoms with Crippen molar-refractivity contribution in [1.29, 1.82) is 0 Å². The molecule has 0 N–H and O–H groups in total. The Morgan fingerprint density at radius 1 is 0.818 bits per heavy atom. The summed E-state index contributed by atoms with van der Waals surface area (Å²) in [6.45, 7) is 10.9. The highest BCUT2D eigenvalue weighted by atomic mass is 32.2. The molecule has 2 nitrogen and oxygen atoms in total. The highest BCUT2D eigenvalue weighted by molar-refractivity contribution is 7.99. The van der Waals surface area contributed by atoms with Gasteiger partial charge in [-0.3, -0.25) is 4.79 Å². The van der Waals surface area contributed by atoms with E-state index >= 15 is 0 Å². The van der Waals surface area contributed by atoms with Crippen molar-refractivity contribution in [2.24, 2.45) is 10.8 Å². The van der Waals surface area contributed by atoms with E-state index in [0.717, 1.165) is 12.8 Å². The minimum absolute atomic E-state index is 0.0860. The van der Waals surface area contributed by atoms with Gasteiger partial charge in [0.15, 0.2) is 0 Å². The van der Waals surface area contributed by atoms with Crippen LogP contribution in [0.2, 0.25) is 0 Å². The zero-order chi connectivity index (χ0) is 17.1. The Hall–Kier alpha value is -0.180. The lowest BCUT2D eigenvalue weighted by molar-refractivity contribution is -0.151. The molecule has 132 valence electrons. The number of hydrogen-bond acceptors (Lipinski definition) is 3. The van der Waals surface area contributed by atoms with Gasteiger partial charge < -0.3 is 4.74 Å². The smallest absolute Gasteiger partial charge is 0.311 e. The molecule has 0 atom stereocenters. The highest BCUT2D eigenvalue weighted by Crippen LogP contribution is 2.25. The molecule has 0 aromatic heterocycles. The molecule has 0 saturated carbocycles. The minimum atomic E-state index is -0.324. The van der Waals surface area contributed by atoms with Crippen molar-refractivity contribution >= 4 is 17.7 Å². The van der Waals surface area contributed by atoms with Crippen molar-refractivity contribution in [1.82, 2.24) is 0 Å². The summed E-state index contributed by atoms with van der Waals surface area (Å²) < 4.78 is 4.84. The monoisotopic (exact) mass is 330 g/mol. The topological polar surface area (TPSA) is 26.3 Å².